The average molecular weight is 359 g/mol. The number of benzene rings is 2. The summed E-state index contributed by atoms with van der Waals surface area (Å²) >= 11 is 1.19. The highest BCUT2D eigenvalue weighted by atomic mass is 32.1. The summed E-state index contributed by atoms with van der Waals surface area (Å²) in [5.41, 5.74) is 1.23. The number of carbonyl (C=O) groups excluding carboxylic acids is 1. The maximum Gasteiger partial charge on any atom is 0.170 e. The molecule has 0 saturated heterocycles. The molecule has 2 atom stereocenters. The number of aromatic nitrogens is 1. The number of hydrogen-bond donors (Lipinski definition) is 2. The second kappa shape index (κ2) is 6.18. The van der Waals surface area contributed by atoms with Crippen LogP contribution in [0.4, 0.5) is 4.39 Å². The van der Waals surface area contributed by atoms with Crippen molar-refractivity contribution in [1.29, 1.82) is 0 Å². The molecule has 128 valence electrons. The maximum absolute atomic E-state index is 13.3. The Balaban J connectivity index is 1.66. The highest BCUT2D eigenvalue weighted by Gasteiger charge is 2.26. The van der Waals surface area contributed by atoms with Crippen LogP contribution in [0, 0.1) is 5.82 Å². The summed E-state index contributed by atoms with van der Waals surface area (Å²) in [6.45, 7) is 0.346. The van der Waals surface area contributed by atoms with Gasteiger partial charge >= 0.3 is 0 Å². The molecule has 3 aromatic rings. The van der Waals surface area contributed by atoms with Gasteiger partial charge < -0.3 is 14.9 Å². The van der Waals surface area contributed by atoms with Crippen molar-refractivity contribution in [3.63, 3.8) is 0 Å². The molecule has 0 radical (unpaired) electrons. The Morgan fingerprint density at radius 1 is 1.16 bits per heavy atom. The van der Waals surface area contributed by atoms with Gasteiger partial charge in [-0.1, -0.05) is 6.07 Å². The van der Waals surface area contributed by atoms with E-state index in [-0.39, 0.29) is 10.8 Å². The van der Waals surface area contributed by atoms with Crippen molar-refractivity contribution in [3.05, 3.63) is 58.3 Å². The van der Waals surface area contributed by atoms with Crippen LogP contribution in [0.3, 0.4) is 0 Å². The predicted molar refractivity (Wildman–Crippen MR) is 90.4 cm³/mol. The van der Waals surface area contributed by atoms with Gasteiger partial charge in [-0.2, -0.15) is 0 Å². The van der Waals surface area contributed by atoms with Gasteiger partial charge in [-0.25, -0.2) is 9.37 Å². The summed E-state index contributed by atoms with van der Waals surface area (Å²) in [7, 11) is 0. The molecule has 0 fully saturated rings. The first-order valence-corrected chi connectivity index (χ1v) is 8.56. The van der Waals surface area contributed by atoms with Gasteiger partial charge in [0.2, 0.25) is 0 Å². The molecule has 0 aliphatic carbocycles. The number of halogens is 1. The number of ether oxygens (including phenoxy) is 1. The Hall–Kier alpha value is -2.35. The van der Waals surface area contributed by atoms with Gasteiger partial charge in [0.15, 0.2) is 5.78 Å². The number of fused-ring (bicyclic) bond motifs is 2. The molecule has 0 bridgehead atoms. The Morgan fingerprint density at radius 2 is 2.00 bits per heavy atom. The van der Waals surface area contributed by atoms with E-state index >= 15 is 0 Å². The molecule has 0 spiro atoms. The van der Waals surface area contributed by atoms with E-state index in [1.165, 1.54) is 29.5 Å². The van der Waals surface area contributed by atoms with Crippen molar-refractivity contribution < 1.29 is 24.1 Å². The van der Waals surface area contributed by atoms with Crippen LogP contribution in [0.25, 0.3) is 10.2 Å². The average Bonchev–Trinajstić information content (AvgIpc) is 3.03. The van der Waals surface area contributed by atoms with Gasteiger partial charge in [0.25, 0.3) is 0 Å². The van der Waals surface area contributed by atoms with Crippen molar-refractivity contribution in [3.8, 4) is 5.75 Å². The lowest BCUT2D eigenvalue weighted by Gasteiger charge is -2.20. The number of thiazole rings is 1. The van der Waals surface area contributed by atoms with Crippen LogP contribution in [0.1, 0.15) is 39.6 Å². The largest absolute Gasteiger partial charge is 0.492 e. The molecule has 4 rings (SSSR count). The molecule has 2 N–H and O–H groups in total. The summed E-state index contributed by atoms with van der Waals surface area (Å²) < 4.78 is 19.4. The van der Waals surface area contributed by atoms with Gasteiger partial charge in [-0.3, -0.25) is 4.79 Å². The molecule has 0 saturated carbocycles. The van der Waals surface area contributed by atoms with Gasteiger partial charge in [0.05, 0.1) is 22.4 Å². The third-order valence-electron chi connectivity index (χ3n) is 4.15. The number of carbonyl (C=O) groups is 1. The number of rotatable bonds is 3. The van der Waals surface area contributed by atoms with Gasteiger partial charge in [-0.05, 0) is 29.8 Å². The van der Waals surface area contributed by atoms with E-state index in [4.69, 9.17) is 4.74 Å². The summed E-state index contributed by atoms with van der Waals surface area (Å²) in [6, 6.07) is 8.95. The molecule has 7 heteroatoms. The number of aliphatic hydroxyl groups is 2. The van der Waals surface area contributed by atoms with E-state index in [1.807, 2.05) is 0 Å². The summed E-state index contributed by atoms with van der Waals surface area (Å²) in [5, 5.41) is 21.3. The molecular weight excluding hydrogens is 345 g/mol. The Bertz CT molecular complexity index is 971. The second-order valence-electron chi connectivity index (χ2n) is 5.83. The summed E-state index contributed by atoms with van der Waals surface area (Å²) in [5.74, 6) is 0.0185. The van der Waals surface area contributed by atoms with Crippen molar-refractivity contribution in [2.45, 2.75) is 18.6 Å². The minimum absolute atomic E-state index is 0.0553. The number of aliphatic hydroxyl groups excluding tert-OH is 2. The second-order valence-corrected chi connectivity index (χ2v) is 6.89. The molecule has 25 heavy (non-hydrogen) atoms. The number of hydrogen-bond acceptors (Lipinski definition) is 6. The maximum atomic E-state index is 13.3. The highest BCUT2D eigenvalue weighted by Crippen LogP contribution is 2.36. The molecule has 5 nitrogen and oxygen atoms in total. The fourth-order valence-corrected chi connectivity index (χ4v) is 3.79. The summed E-state index contributed by atoms with van der Waals surface area (Å²) in [4.78, 5) is 16.2. The van der Waals surface area contributed by atoms with Crippen molar-refractivity contribution in [1.82, 2.24) is 4.98 Å². The van der Waals surface area contributed by atoms with Gasteiger partial charge in [0, 0.05) is 12.5 Å². The monoisotopic (exact) mass is 359 g/mol. The van der Waals surface area contributed by atoms with Gasteiger partial charge in [0.1, 0.15) is 28.8 Å². The third-order valence-corrected chi connectivity index (χ3v) is 5.26. The minimum atomic E-state index is -1.28. The number of Topliss-reactive ketones (excluding diaryl/α,β-unsaturated/α-hetero) is 1. The van der Waals surface area contributed by atoms with E-state index in [9.17, 15) is 19.4 Å². The highest BCUT2D eigenvalue weighted by molar-refractivity contribution is 7.18. The number of ketones is 1. The SMILES string of the molecule is O=C1CCOc2ccc(C(O)C(O)c3nc4cc(F)ccc4s3)cc21. The normalized spacial score (nSPS) is 16.4. The molecule has 2 unspecified atom stereocenters. The standard InChI is InChI=1S/C18H14FNO4S/c19-10-2-4-15-12(8-10)20-18(25-15)17(23)16(22)9-1-3-14-11(7-9)13(21)5-6-24-14/h1-4,7-8,16-17,22-23H,5-6H2. The third kappa shape index (κ3) is 2.90. The molecule has 2 heterocycles. The van der Waals surface area contributed by atoms with Crippen molar-refractivity contribution in [2.75, 3.05) is 6.61 Å². The van der Waals surface area contributed by atoms with Crippen LogP contribution in [-0.4, -0.2) is 27.6 Å². The van der Waals surface area contributed by atoms with Crippen LogP contribution in [0.5, 0.6) is 5.75 Å². The molecular formula is C18H14FNO4S. The smallest absolute Gasteiger partial charge is 0.170 e. The molecule has 0 amide bonds. The first kappa shape index (κ1) is 16.1. The zero-order valence-corrected chi connectivity index (χ0v) is 13.8. The van der Waals surface area contributed by atoms with E-state index in [1.54, 1.807) is 18.2 Å². The van der Waals surface area contributed by atoms with Crippen molar-refractivity contribution in [2.24, 2.45) is 0 Å². The Labute approximate surface area is 146 Å². The molecule has 2 aromatic carbocycles. The van der Waals surface area contributed by atoms with Crippen LogP contribution in [0.15, 0.2) is 36.4 Å². The topological polar surface area (TPSA) is 79.7 Å². The van der Waals surface area contributed by atoms with Gasteiger partial charge in [-0.15, -0.1) is 11.3 Å². The van der Waals surface area contributed by atoms with Crippen LogP contribution >= 0.6 is 11.3 Å². The van der Waals surface area contributed by atoms with E-state index in [0.29, 0.717) is 35.4 Å². The van der Waals surface area contributed by atoms with E-state index in [0.717, 1.165) is 4.70 Å². The molecule has 1 aromatic heterocycles. The lowest BCUT2D eigenvalue weighted by molar-refractivity contribution is 0.0171. The molecule has 1 aliphatic rings. The Kier molecular flexibility index (Phi) is 3.99. The quantitative estimate of drug-likeness (QED) is 0.751. The first-order valence-electron chi connectivity index (χ1n) is 7.75. The fourth-order valence-electron chi connectivity index (χ4n) is 2.83. The number of nitrogens with zero attached hydrogens (tertiary/aromatic N) is 1. The van der Waals surface area contributed by atoms with Crippen LogP contribution in [-0.2, 0) is 0 Å². The molecule has 1 aliphatic heterocycles. The first-order chi connectivity index (χ1) is 12.0. The minimum Gasteiger partial charge on any atom is -0.492 e. The van der Waals surface area contributed by atoms with Crippen LogP contribution in [0.2, 0.25) is 0 Å². The fraction of sp³-hybridized carbons (Fsp3) is 0.222. The zero-order chi connectivity index (χ0) is 17.6. The van der Waals surface area contributed by atoms with E-state index < -0.39 is 18.0 Å². The van der Waals surface area contributed by atoms with Crippen LogP contribution < -0.4 is 4.74 Å². The summed E-state index contributed by atoms with van der Waals surface area (Å²) in [6.07, 6.45) is -2.25. The Morgan fingerprint density at radius 3 is 2.84 bits per heavy atom. The lowest BCUT2D eigenvalue weighted by atomic mass is 9.97. The van der Waals surface area contributed by atoms with Crippen molar-refractivity contribution >= 4 is 27.3 Å². The predicted octanol–water partition coefficient (Wildman–Crippen LogP) is 3.17. The zero-order valence-electron chi connectivity index (χ0n) is 13.0. The lowest BCUT2D eigenvalue weighted by Crippen LogP contribution is -2.17. The van der Waals surface area contributed by atoms with E-state index in [2.05, 4.69) is 4.98 Å².